The fraction of sp³-hybridized carbons (Fsp3) is 0.125. The van der Waals surface area contributed by atoms with E-state index in [1.807, 2.05) is 43.3 Å². The van der Waals surface area contributed by atoms with Crippen molar-refractivity contribution in [1.29, 1.82) is 0 Å². The van der Waals surface area contributed by atoms with Crippen LogP contribution in [0.5, 0.6) is 0 Å². The smallest absolute Gasteiger partial charge is 0.173 e. The van der Waals surface area contributed by atoms with Crippen LogP contribution in [0.2, 0.25) is 0 Å². The van der Waals surface area contributed by atoms with Crippen LogP contribution in [0.25, 0.3) is 11.0 Å². The normalized spacial score (nSPS) is 11.0. The van der Waals surface area contributed by atoms with E-state index in [1.165, 1.54) is 17.3 Å². The fourth-order valence-corrected chi connectivity index (χ4v) is 3.23. The van der Waals surface area contributed by atoms with Crippen molar-refractivity contribution in [1.82, 2.24) is 9.97 Å². The Hall–Kier alpha value is -1.59. The molecule has 2 aromatic carbocycles. The lowest BCUT2D eigenvalue weighted by atomic mass is 10.2. The third kappa shape index (κ3) is 3.36. The molecule has 0 saturated carbocycles. The molecule has 0 radical (unpaired) electrons. The molecule has 1 heterocycles. The van der Waals surface area contributed by atoms with Gasteiger partial charge in [0.1, 0.15) is 0 Å². The van der Waals surface area contributed by atoms with Gasteiger partial charge in [0.15, 0.2) is 10.9 Å². The first-order valence-corrected chi connectivity index (χ1v) is 8.27. The summed E-state index contributed by atoms with van der Waals surface area (Å²) in [7, 11) is 0. The number of rotatable bonds is 4. The summed E-state index contributed by atoms with van der Waals surface area (Å²) in [6, 6.07) is 13.5. The highest BCUT2D eigenvalue weighted by Crippen LogP contribution is 2.22. The number of H-pyrrole nitrogens is 1. The van der Waals surface area contributed by atoms with Crippen molar-refractivity contribution in [2.75, 3.05) is 5.75 Å². The number of aromatic nitrogens is 2. The van der Waals surface area contributed by atoms with Crippen molar-refractivity contribution in [2.24, 2.45) is 0 Å². The van der Waals surface area contributed by atoms with E-state index in [1.54, 1.807) is 0 Å². The van der Waals surface area contributed by atoms with E-state index in [0.717, 1.165) is 20.7 Å². The van der Waals surface area contributed by atoms with Crippen molar-refractivity contribution in [2.45, 2.75) is 12.1 Å². The molecule has 0 aliphatic carbocycles. The van der Waals surface area contributed by atoms with Crippen LogP contribution >= 0.6 is 27.7 Å². The number of thioether (sulfide) groups is 1. The van der Waals surface area contributed by atoms with Gasteiger partial charge in [0, 0.05) is 10.0 Å². The molecule has 3 nitrogen and oxygen atoms in total. The molecule has 0 unspecified atom stereocenters. The van der Waals surface area contributed by atoms with E-state index in [2.05, 4.69) is 32.0 Å². The van der Waals surface area contributed by atoms with Gasteiger partial charge >= 0.3 is 0 Å². The Labute approximate surface area is 135 Å². The van der Waals surface area contributed by atoms with Gasteiger partial charge in [-0.25, -0.2) is 4.98 Å². The van der Waals surface area contributed by atoms with Gasteiger partial charge in [0.2, 0.25) is 0 Å². The Morgan fingerprint density at radius 3 is 2.95 bits per heavy atom. The zero-order valence-corrected chi connectivity index (χ0v) is 13.8. The van der Waals surface area contributed by atoms with Crippen molar-refractivity contribution in [3.63, 3.8) is 0 Å². The maximum Gasteiger partial charge on any atom is 0.173 e. The maximum atomic E-state index is 12.2. The van der Waals surface area contributed by atoms with Crippen molar-refractivity contribution in [3.05, 3.63) is 58.1 Å². The lowest BCUT2D eigenvalue weighted by Crippen LogP contribution is -2.02. The van der Waals surface area contributed by atoms with Gasteiger partial charge in [-0.15, -0.1) is 0 Å². The van der Waals surface area contributed by atoms with Crippen molar-refractivity contribution < 1.29 is 4.79 Å². The van der Waals surface area contributed by atoms with Gasteiger partial charge in [0.25, 0.3) is 0 Å². The second-order valence-corrected chi connectivity index (χ2v) is 6.66. The summed E-state index contributed by atoms with van der Waals surface area (Å²) in [4.78, 5) is 19.9. The number of halogens is 1. The summed E-state index contributed by atoms with van der Waals surface area (Å²) in [5, 5.41) is 0.777. The number of Topliss-reactive ketones (excluding diaryl/α,β-unsaturated/α-hetero) is 1. The van der Waals surface area contributed by atoms with Gasteiger partial charge in [-0.1, -0.05) is 45.9 Å². The molecule has 0 spiro atoms. The number of nitrogens with one attached hydrogen (secondary N) is 1. The van der Waals surface area contributed by atoms with E-state index in [0.29, 0.717) is 11.3 Å². The van der Waals surface area contributed by atoms with E-state index in [9.17, 15) is 4.79 Å². The highest BCUT2D eigenvalue weighted by Gasteiger charge is 2.09. The summed E-state index contributed by atoms with van der Waals surface area (Å²) in [5.74, 6) is 0.466. The van der Waals surface area contributed by atoms with Gasteiger partial charge in [-0.3, -0.25) is 4.79 Å². The van der Waals surface area contributed by atoms with Crippen molar-refractivity contribution >= 4 is 44.5 Å². The Balaban J connectivity index is 1.72. The minimum absolute atomic E-state index is 0.0953. The van der Waals surface area contributed by atoms with Crippen LogP contribution < -0.4 is 0 Å². The first-order valence-electron chi connectivity index (χ1n) is 6.50. The average molecular weight is 361 g/mol. The number of fused-ring (bicyclic) bond motifs is 1. The predicted molar refractivity (Wildman–Crippen MR) is 90.0 cm³/mol. The fourth-order valence-electron chi connectivity index (χ4n) is 2.05. The van der Waals surface area contributed by atoms with Crippen LogP contribution in [0.4, 0.5) is 0 Å². The molecular formula is C16H13BrN2OS. The van der Waals surface area contributed by atoms with Gasteiger partial charge < -0.3 is 4.98 Å². The second-order valence-electron chi connectivity index (χ2n) is 4.78. The minimum Gasteiger partial charge on any atom is -0.333 e. The molecular weight excluding hydrogens is 348 g/mol. The number of carbonyl (C=O) groups excluding carboxylic acids is 1. The Morgan fingerprint density at radius 1 is 1.29 bits per heavy atom. The van der Waals surface area contributed by atoms with E-state index in [4.69, 9.17) is 0 Å². The molecule has 0 aliphatic rings. The average Bonchev–Trinajstić information content (AvgIpc) is 2.86. The lowest BCUT2D eigenvalue weighted by Gasteiger charge is -2.00. The minimum atomic E-state index is 0.0953. The molecule has 3 aromatic rings. The first-order chi connectivity index (χ1) is 10.1. The Bertz CT molecular complexity index is 813. The monoisotopic (exact) mass is 360 g/mol. The molecule has 0 atom stereocenters. The SMILES string of the molecule is Cc1ccc2nc(SCC(=O)c3cccc(Br)c3)[nH]c2c1. The number of imidazole rings is 1. The molecule has 0 bridgehead atoms. The lowest BCUT2D eigenvalue weighted by molar-refractivity contribution is 0.102. The molecule has 0 saturated heterocycles. The number of aromatic amines is 1. The number of benzene rings is 2. The number of nitrogens with zero attached hydrogens (tertiary/aromatic N) is 1. The van der Waals surface area contributed by atoms with Crippen LogP contribution in [-0.4, -0.2) is 21.5 Å². The second kappa shape index (κ2) is 6.03. The standard InChI is InChI=1S/C16H13BrN2OS/c1-10-5-6-13-14(7-10)19-16(18-13)21-9-15(20)11-3-2-4-12(17)8-11/h2-8H,9H2,1H3,(H,18,19). The summed E-state index contributed by atoms with van der Waals surface area (Å²) < 4.78 is 0.914. The highest BCUT2D eigenvalue weighted by molar-refractivity contribution is 9.10. The highest BCUT2D eigenvalue weighted by atomic mass is 79.9. The van der Waals surface area contributed by atoms with Crippen molar-refractivity contribution in [3.8, 4) is 0 Å². The topological polar surface area (TPSA) is 45.8 Å². The number of aryl methyl sites for hydroxylation is 1. The molecule has 106 valence electrons. The molecule has 21 heavy (non-hydrogen) atoms. The third-order valence-electron chi connectivity index (χ3n) is 3.10. The van der Waals surface area contributed by atoms with Crippen LogP contribution in [0, 0.1) is 6.92 Å². The summed E-state index contributed by atoms with van der Waals surface area (Å²) in [5.41, 5.74) is 3.84. The number of hydrogen-bond donors (Lipinski definition) is 1. The molecule has 0 amide bonds. The molecule has 5 heteroatoms. The molecule has 1 N–H and O–H groups in total. The molecule has 0 aliphatic heterocycles. The van der Waals surface area contributed by atoms with Crippen LogP contribution in [0.15, 0.2) is 52.1 Å². The van der Waals surface area contributed by atoms with Gasteiger partial charge in [-0.05, 0) is 36.8 Å². The van der Waals surface area contributed by atoms with Gasteiger partial charge in [-0.2, -0.15) is 0 Å². The quantitative estimate of drug-likeness (QED) is 0.545. The van der Waals surface area contributed by atoms with Crippen LogP contribution in [0.1, 0.15) is 15.9 Å². The molecule has 1 aromatic heterocycles. The van der Waals surface area contributed by atoms with E-state index in [-0.39, 0.29) is 5.78 Å². The van der Waals surface area contributed by atoms with E-state index < -0.39 is 0 Å². The van der Waals surface area contributed by atoms with E-state index >= 15 is 0 Å². The Kier molecular flexibility index (Phi) is 4.12. The Morgan fingerprint density at radius 2 is 2.14 bits per heavy atom. The van der Waals surface area contributed by atoms with Crippen LogP contribution in [-0.2, 0) is 0 Å². The zero-order chi connectivity index (χ0) is 14.8. The third-order valence-corrected chi connectivity index (χ3v) is 4.47. The summed E-state index contributed by atoms with van der Waals surface area (Å²) in [6.07, 6.45) is 0. The van der Waals surface area contributed by atoms with Crippen LogP contribution in [0.3, 0.4) is 0 Å². The summed E-state index contributed by atoms with van der Waals surface area (Å²) in [6.45, 7) is 2.05. The zero-order valence-electron chi connectivity index (χ0n) is 11.4. The molecule has 0 fully saturated rings. The number of hydrogen-bond acceptors (Lipinski definition) is 3. The number of ketones is 1. The predicted octanol–water partition coefficient (Wildman–Crippen LogP) is 4.61. The number of carbonyl (C=O) groups is 1. The maximum absolute atomic E-state index is 12.2. The summed E-state index contributed by atoms with van der Waals surface area (Å²) >= 11 is 4.81. The van der Waals surface area contributed by atoms with Gasteiger partial charge in [0.05, 0.1) is 16.8 Å². The largest absolute Gasteiger partial charge is 0.333 e. The first kappa shape index (κ1) is 14.4. The molecule has 3 rings (SSSR count).